The van der Waals surface area contributed by atoms with Gasteiger partial charge in [0.2, 0.25) is 0 Å². The fourth-order valence-electron chi connectivity index (χ4n) is 1.29. The van der Waals surface area contributed by atoms with Gasteiger partial charge in [-0.05, 0) is 23.8 Å². The van der Waals surface area contributed by atoms with Crippen LogP contribution in [0.1, 0.15) is 24.0 Å². The van der Waals surface area contributed by atoms with Gasteiger partial charge in [-0.1, -0.05) is 6.92 Å². The molecule has 0 heterocycles. The Balaban J connectivity index is 3.21. The fourth-order valence-corrected chi connectivity index (χ4v) is 1.29. The Morgan fingerprint density at radius 1 is 1.31 bits per heavy atom. The predicted molar refractivity (Wildman–Crippen MR) is 53.5 cm³/mol. The second-order valence-electron chi connectivity index (χ2n) is 3.58. The maximum atomic E-state index is 12.5. The Morgan fingerprint density at radius 3 is 2.38 bits per heavy atom. The molecule has 0 bridgehead atoms. The van der Waals surface area contributed by atoms with Crippen LogP contribution in [0, 0.1) is 0 Å². The summed E-state index contributed by atoms with van der Waals surface area (Å²) in [6, 6.07) is 3.47. The minimum absolute atomic E-state index is 0.144. The second-order valence-corrected chi connectivity index (χ2v) is 3.58. The molecule has 16 heavy (non-hydrogen) atoms. The first-order chi connectivity index (χ1) is 7.38. The van der Waals surface area contributed by atoms with Crippen molar-refractivity contribution in [1.29, 1.82) is 0 Å². The molecule has 0 fully saturated rings. The average molecular weight is 234 g/mol. The molecule has 1 atom stereocenters. The molecule has 0 spiro atoms. The number of benzene rings is 1. The number of alkyl halides is 3. The predicted octanol–water partition coefficient (Wildman–Crippen LogP) is 2.81. The lowest BCUT2D eigenvalue weighted by molar-refractivity contribution is -0.137. The van der Waals surface area contributed by atoms with Crippen LogP contribution in [-0.4, -0.2) is 18.8 Å². The second kappa shape index (κ2) is 4.74. The first-order valence-corrected chi connectivity index (χ1v) is 4.75. The maximum absolute atomic E-state index is 12.5. The van der Waals surface area contributed by atoms with E-state index in [0.717, 1.165) is 12.1 Å². The summed E-state index contributed by atoms with van der Waals surface area (Å²) in [5.41, 5.74) is -0.351. The maximum Gasteiger partial charge on any atom is 0.416 e. The van der Waals surface area contributed by atoms with E-state index in [1.807, 2.05) is 0 Å². The van der Waals surface area contributed by atoms with Gasteiger partial charge in [0, 0.05) is 12.5 Å². The molecule has 1 N–H and O–H groups in total. The lowest BCUT2D eigenvalue weighted by Gasteiger charge is -2.14. The monoisotopic (exact) mass is 234 g/mol. The van der Waals surface area contributed by atoms with Gasteiger partial charge < -0.3 is 9.84 Å². The molecule has 5 heteroatoms. The molecule has 1 aromatic rings. The minimum atomic E-state index is -4.40. The molecule has 2 nitrogen and oxygen atoms in total. The quantitative estimate of drug-likeness (QED) is 0.871. The third-order valence-corrected chi connectivity index (χ3v) is 2.33. The van der Waals surface area contributed by atoms with Gasteiger partial charge >= 0.3 is 6.18 Å². The minimum Gasteiger partial charge on any atom is -0.497 e. The van der Waals surface area contributed by atoms with Crippen molar-refractivity contribution in [2.45, 2.75) is 19.0 Å². The van der Waals surface area contributed by atoms with E-state index in [1.54, 1.807) is 6.92 Å². The van der Waals surface area contributed by atoms with E-state index in [-0.39, 0.29) is 18.3 Å². The van der Waals surface area contributed by atoms with E-state index in [2.05, 4.69) is 0 Å². The van der Waals surface area contributed by atoms with Crippen LogP contribution in [0.4, 0.5) is 13.2 Å². The summed E-state index contributed by atoms with van der Waals surface area (Å²) >= 11 is 0. The van der Waals surface area contributed by atoms with Crippen molar-refractivity contribution in [1.82, 2.24) is 0 Å². The molecule has 0 saturated carbocycles. The molecule has 0 aliphatic rings. The van der Waals surface area contributed by atoms with Gasteiger partial charge in [0.25, 0.3) is 0 Å². The number of ether oxygens (including phenoxy) is 1. The summed E-state index contributed by atoms with van der Waals surface area (Å²) < 4.78 is 42.4. The van der Waals surface area contributed by atoms with Crippen molar-refractivity contribution in [3.63, 3.8) is 0 Å². The van der Waals surface area contributed by atoms with Crippen LogP contribution >= 0.6 is 0 Å². The fraction of sp³-hybridized carbons (Fsp3) is 0.455. The summed E-state index contributed by atoms with van der Waals surface area (Å²) in [6.45, 7) is 1.44. The SMILES string of the molecule is COc1cc(C(C)CO)cc(C(F)(F)F)c1. The van der Waals surface area contributed by atoms with Gasteiger partial charge in [-0.25, -0.2) is 0 Å². The van der Waals surface area contributed by atoms with Crippen molar-refractivity contribution in [2.24, 2.45) is 0 Å². The molecule has 0 aliphatic heterocycles. The molecule has 0 radical (unpaired) electrons. The molecule has 1 rings (SSSR count). The van der Waals surface area contributed by atoms with Crippen molar-refractivity contribution in [2.75, 3.05) is 13.7 Å². The smallest absolute Gasteiger partial charge is 0.416 e. The van der Waals surface area contributed by atoms with E-state index in [0.29, 0.717) is 5.56 Å². The molecule has 0 saturated heterocycles. The Hall–Kier alpha value is -1.23. The third-order valence-electron chi connectivity index (χ3n) is 2.33. The number of hydrogen-bond acceptors (Lipinski definition) is 2. The van der Waals surface area contributed by atoms with Crippen LogP contribution in [-0.2, 0) is 6.18 Å². The third kappa shape index (κ3) is 2.88. The zero-order valence-corrected chi connectivity index (χ0v) is 9.01. The number of hydrogen-bond donors (Lipinski definition) is 1. The number of aliphatic hydroxyl groups is 1. The molecule has 1 unspecified atom stereocenters. The van der Waals surface area contributed by atoms with E-state index < -0.39 is 11.7 Å². The first kappa shape index (κ1) is 12.8. The van der Waals surface area contributed by atoms with Crippen LogP contribution in [0.5, 0.6) is 5.75 Å². The van der Waals surface area contributed by atoms with Crippen LogP contribution in [0.2, 0.25) is 0 Å². The van der Waals surface area contributed by atoms with Gasteiger partial charge in [0.15, 0.2) is 0 Å². The van der Waals surface area contributed by atoms with Gasteiger partial charge in [-0.3, -0.25) is 0 Å². The summed E-state index contributed by atoms with van der Waals surface area (Å²) in [6.07, 6.45) is -4.40. The average Bonchev–Trinajstić information content (AvgIpc) is 2.26. The molecule has 0 aromatic heterocycles. The van der Waals surface area contributed by atoms with Gasteiger partial charge in [0.05, 0.1) is 12.7 Å². The lowest BCUT2D eigenvalue weighted by atomic mass is 9.99. The lowest BCUT2D eigenvalue weighted by Crippen LogP contribution is -2.08. The van der Waals surface area contributed by atoms with Gasteiger partial charge in [-0.2, -0.15) is 13.2 Å². The normalized spacial score (nSPS) is 13.6. The van der Waals surface area contributed by atoms with Crippen molar-refractivity contribution in [3.8, 4) is 5.75 Å². The Bertz CT molecular complexity index is 361. The highest BCUT2D eigenvalue weighted by atomic mass is 19.4. The number of methoxy groups -OCH3 is 1. The standard InChI is InChI=1S/C11H13F3O2/c1-7(6-15)8-3-9(11(12,13)14)5-10(4-8)16-2/h3-5,7,15H,6H2,1-2H3. The van der Waals surface area contributed by atoms with Crippen molar-refractivity contribution >= 4 is 0 Å². The summed E-state index contributed by atoms with van der Waals surface area (Å²) in [5.74, 6) is -0.207. The topological polar surface area (TPSA) is 29.5 Å². The summed E-state index contributed by atoms with van der Waals surface area (Å²) in [5, 5.41) is 8.92. The number of rotatable bonds is 3. The van der Waals surface area contributed by atoms with Crippen molar-refractivity contribution < 1.29 is 23.0 Å². The Morgan fingerprint density at radius 2 is 1.94 bits per heavy atom. The molecule has 0 aliphatic carbocycles. The Kier molecular flexibility index (Phi) is 3.80. The summed E-state index contributed by atoms with van der Waals surface area (Å²) in [4.78, 5) is 0. The zero-order chi connectivity index (χ0) is 12.3. The van der Waals surface area contributed by atoms with E-state index in [4.69, 9.17) is 9.84 Å². The number of aliphatic hydroxyl groups excluding tert-OH is 1. The first-order valence-electron chi connectivity index (χ1n) is 4.75. The largest absolute Gasteiger partial charge is 0.497 e. The zero-order valence-electron chi connectivity index (χ0n) is 9.01. The Labute approximate surface area is 91.7 Å². The van der Waals surface area contributed by atoms with E-state index >= 15 is 0 Å². The van der Waals surface area contributed by atoms with Crippen LogP contribution in [0.15, 0.2) is 18.2 Å². The van der Waals surface area contributed by atoms with Crippen LogP contribution in [0.3, 0.4) is 0 Å². The molecule has 1 aromatic carbocycles. The van der Waals surface area contributed by atoms with Crippen LogP contribution in [0.25, 0.3) is 0 Å². The molecule has 90 valence electrons. The molecular weight excluding hydrogens is 221 g/mol. The van der Waals surface area contributed by atoms with E-state index in [9.17, 15) is 13.2 Å². The highest BCUT2D eigenvalue weighted by molar-refractivity contribution is 5.37. The summed E-state index contributed by atoms with van der Waals surface area (Å²) in [7, 11) is 1.31. The molecular formula is C11H13F3O2. The van der Waals surface area contributed by atoms with E-state index in [1.165, 1.54) is 13.2 Å². The van der Waals surface area contributed by atoms with Crippen molar-refractivity contribution in [3.05, 3.63) is 29.3 Å². The number of halogens is 3. The van der Waals surface area contributed by atoms with Crippen LogP contribution < -0.4 is 4.74 Å². The van der Waals surface area contributed by atoms with Gasteiger partial charge in [-0.15, -0.1) is 0 Å². The van der Waals surface area contributed by atoms with Gasteiger partial charge in [0.1, 0.15) is 5.75 Å². The molecule has 0 amide bonds. The highest BCUT2D eigenvalue weighted by Crippen LogP contribution is 2.34. The highest BCUT2D eigenvalue weighted by Gasteiger charge is 2.31.